The molecule has 0 atom stereocenters. The molecule has 0 amide bonds. The Labute approximate surface area is 177 Å². The second-order valence-electron chi connectivity index (χ2n) is 5.78. The molecule has 0 aliphatic rings. The molecule has 0 unspecified atom stereocenters. The first-order valence-electron chi connectivity index (χ1n) is 8.81. The van der Waals surface area contributed by atoms with E-state index in [1.165, 1.54) is 5.01 Å². The van der Waals surface area contributed by atoms with Crippen LogP contribution in [0.4, 0.5) is 0 Å². The Bertz CT molecular complexity index is 633. The Balaban J connectivity index is 0.00000338. The molecule has 0 radical (unpaired) electrons. The third-order valence-corrected chi connectivity index (χ3v) is 4.65. The number of guanidine groups is 1. The summed E-state index contributed by atoms with van der Waals surface area (Å²) in [7, 11) is 1.80. The summed E-state index contributed by atoms with van der Waals surface area (Å²) in [6.45, 7) is 4.50. The normalized spacial score (nSPS) is 10.9. The van der Waals surface area contributed by atoms with Crippen molar-refractivity contribution in [2.75, 3.05) is 26.7 Å². The molecule has 1 aromatic heterocycles. The summed E-state index contributed by atoms with van der Waals surface area (Å²) in [5.74, 6) is 1.77. The van der Waals surface area contributed by atoms with Crippen molar-refractivity contribution in [3.63, 3.8) is 0 Å². The number of hydrogen-bond acceptors (Lipinski definition) is 4. The molecule has 2 aromatic rings. The Kier molecular flexibility index (Phi) is 12.0. The molecule has 0 spiro atoms. The van der Waals surface area contributed by atoms with Gasteiger partial charge in [-0.1, -0.05) is 18.2 Å². The van der Waals surface area contributed by atoms with Crippen LogP contribution in [0.2, 0.25) is 0 Å². The second kappa shape index (κ2) is 13.8. The molecule has 144 valence electrons. The van der Waals surface area contributed by atoms with Crippen LogP contribution < -0.4 is 15.4 Å². The first-order chi connectivity index (χ1) is 12.3. The minimum atomic E-state index is 0. The Morgan fingerprint density at radius 3 is 2.50 bits per heavy atom. The van der Waals surface area contributed by atoms with E-state index in [4.69, 9.17) is 4.74 Å². The van der Waals surface area contributed by atoms with Crippen LogP contribution in [0.3, 0.4) is 0 Å². The van der Waals surface area contributed by atoms with Crippen molar-refractivity contribution < 1.29 is 4.74 Å². The van der Waals surface area contributed by atoms with Gasteiger partial charge in [-0.05, 0) is 44.7 Å². The van der Waals surface area contributed by atoms with Crippen molar-refractivity contribution in [1.29, 1.82) is 0 Å². The predicted octanol–water partition coefficient (Wildman–Crippen LogP) is 4.03. The highest BCUT2D eigenvalue weighted by molar-refractivity contribution is 14.0. The summed E-state index contributed by atoms with van der Waals surface area (Å²) in [5.41, 5.74) is 1.12. The molecule has 5 nitrogen and oxygen atoms in total. The number of benzene rings is 1. The van der Waals surface area contributed by atoms with E-state index in [1.807, 2.05) is 37.3 Å². The minimum Gasteiger partial charge on any atom is -0.494 e. The zero-order valence-corrected chi connectivity index (χ0v) is 18.7. The van der Waals surface area contributed by atoms with Gasteiger partial charge in [0.15, 0.2) is 5.96 Å². The third-order valence-electron chi connectivity index (χ3n) is 3.63. The lowest BCUT2D eigenvalue weighted by atomic mass is 10.2. The monoisotopic (exact) mass is 488 g/mol. The van der Waals surface area contributed by atoms with E-state index >= 15 is 0 Å². The lowest BCUT2D eigenvalue weighted by Gasteiger charge is -2.12. The van der Waals surface area contributed by atoms with Gasteiger partial charge in [-0.15, -0.1) is 35.3 Å². The molecule has 26 heavy (non-hydrogen) atoms. The smallest absolute Gasteiger partial charge is 0.190 e. The van der Waals surface area contributed by atoms with Gasteiger partial charge < -0.3 is 15.4 Å². The van der Waals surface area contributed by atoms with Crippen LogP contribution in [0.1, 0.15) is 30.0 Å². The molecule has 0 aliphatic carbocycles. The molecular weight excluding hydrogens is 459 g/mol. The van der Waals surface area contributed by atoms with Crippen LogP contribution >= 0.6 is 35.3 Å². The highest BCUT2D eigenvalue weighted by Crippen LogP contribution is 2.11. The number of halogens is 1. The van der Waals surface area contributed by atoms with E-state index in [1.54, 1.807) is 18.4 Å². The maximum Gasteiger partial charge on any atom is 0.190 e. The Morgan fingerprint density at radius 1 is 1.12 bits per heavy atom. The maximum absolute atomic E-state index is 5.67. The second-order valence-corrected chi connectivity index (χ2v) is 6.72. The number of aliphatic imine (C=N–C) groups is 1. The summed E-state index contributed by atoms with van der Waals surface area (Å²) in [5, 5.41) is 10.0. The van der Waals surface area contributed by atoms with E-state index < -0.39 is 0 Å². The molecule has 2 rings (SSSR count). The highest BCUT2D eigenvalue weighted by Gasteiger charge is 2.00. The number of nitrogens with zero attached hydrogens (tertiary/aromatic N) is 2. The average Bonchev–Trinajstić information content (AvgIpc) is 3.05. The third kappa shape index (κ3) is 9.38. The molecule has 0 saturated heterocycles. The summed E-state index contributed by atoms with van der Waals surface area (Å²) in [6, 6.07) is 9.90. The standard InChI is InChI=1S/C19H28N4OS.HI/c1-16-15-25-18(23-16)11-6-7-12-21-19(20-2)22-13-8-14-24-17-9-4-3-5-10-17;/h3-5,9-10,15H,6-8,11-14H2,1-2H3,(H2,20,21,22);1H. The van der Waals surface area contributed by atoms with Crippen LogP contribution in [-0.4, -0.2) is 37.7 Å². The number of hydrogen-bond donors (Lipinski definition) is 2. The van der Waals surface area contributed by atoms with E-state index in [9.17, 15) is 0 Å². The zero-order chi connectivity index (χ0) is 17.7. The van der Waals surface area contributed by atoms with Crippen LogP contribution in [-0.2, 0) is 6.42 Å². The topological polar surface area (TPSA) is 58.5 Å². The molecule has 0 bridgehead atoms. The molecule has 0 fully saturated rings. The fourth-order valence-corrected chi connectivity index (χ4v) is 3.15. The quantitative estimate of drug-likeness (QED) is 0.230. The van der Waals surface area contributed by atoms with Crippen molar-refractivity contribution >= 4 is 41.3 Å². The van der Waals surface area contributed by atoms with Crippen molar-refractivity contribution in [1.82, 2.24) is 15.6 Å². The molecule has 0 saturated carbocycles. The van der Waals surface area contributed by atoms with Crippen LogP contribution in [0, 0.1) is 6.92 Å². The summed E-state index contributed by atoms with van der Waals surface area (Å²) in [4.78, 5) is 8.74. The lowest BCUT2D eigenvalue weighted by molar-refractivity contribution is 0.311. The largest absolute Gasteiger partial charge is 0.494 e. The number of thiazole rings is 1. The van der Waals surface area contributed by atoms with Gasteiger partial charge in [0.1, 0.15) is 5.75 Å². The maximum atomic E-state index is 5.67. The first-order valence-corrected chi connectivity index (χ1v) is 9.69. The first kappa shape index (κ1) is 22.7. The summed E-state index contributed by atoms with van der Waals surface area (Å²) >= 11 is 1.75. The van der Waals surface area contributed by atoms with Crippen molar-refractivity contribution in [3.8, 4) is 5.75 Å². The van der Waals surface area contributed by atoms with Crippen molar-refractivity contribution in [3.05, 3.63) is 46.4 Å². The van der Waals surface area contributed by atoms with Gasteiger partial charge in [0.25, 0.3) is 0 Å². The van der Waals surface area contributed by atoms with Crippen molar-refractivity contribution in [2.45, 2.75) is 32.6 Å². The zero-order valence-electron chi connectivity index (χ0n) is 15.5. The van der Waals surface area contributed by atoms with Crippen molar-refractivity contribution in [2.24, 2.45) is 4.99 Å². The summed E-state index contributed by atoms with van der Waals surface area (Å²) < 4.78 is 5.67. The molecule has 7 heteroatoms. The lowest BCUT2D eigenvalue weighted by Crippen LogP contribution is -2.38. The van der Waals surface area contributed by atoms with Gasteiger partial charge in [-0.3, -0.25) is 4.99 Å². The Morgan fingerprint density at radius 2 is 1.85 bits per heavy atom. The van der Waals surface area contributed by atoms with Gasteiger partial charge in [-0.25, -0.2) is 4.98 Å². The van der Waals surface area contributed by atoms with E-state index in [0.29, 0.717) is 6.61 Å². The number of aromatic nitrogens is 1. The van der Waals surface area contributed by atoms with E-state index in [-0.39, 0.29) is 24.0 Å². The Hall–Kier alpha value is -1.35. The SMILES string of the molecule is CN=C(NCCCCc1nc(C)cs1)NCCCOc1ccccc1.I. The van der Waals surface area contributed by atoms with E-state index in [2.05, 4.69) is 26.0 Å². The molecule has 2 N–H and O–H groups in total. The van der Waals surface area contributed by atoms with Gasteiger partial charge in [-0.2, -0.15) is 0 Å². The number of nitrogens with one attached hydrogen (secondary N) is 2. The van der Waals surface area contributed by atoms with E-state index in [0.717, 1.165) is 56.2 Å². The summed E-state index contributed by atoms with van der Waals surface area (Å²) in [6.07, 6.45) is 4.24. The molecule has 1 heterocycles. The average molecular weight is 488 g/mol. The minimum absolute atomic E-state index is 0. The highest BCUT2D eigenvalue weighted by atomic mass is 127. The number of ether oxygens (including phenoxy) is 1. The molecular formula is C19H29IN4OS. The molecule has 1 aromatic carbocycles. The van der Waals surface area contributed by atoms with Crippen LogP contribution in [0.25, 0.3) is 0 Å². The number of unbranched alkanes of at least 4 members (excludes halogenated alkanes) is 1. The van der Waals surface area contributed by atoms with Gasteiger partial charge in [0.05, 0.1) is 11.6 Å². The van der Waals surface area contributed by atoms with Gasteiger partial charge in [0.2, 0.25) is 0 Å². The number of para-hydroxylation sites is 1. The number of rotatable bonds is 10. The van der Waals surface area contributed by atoms with Crippen LogP contribution in [0.5, 0.6) is 5.75 Å². The number of aryl methyl sites for hydroxylation is 2. The van der Waals surface area contributed by atoms with Crippen LogP contribution in [0.15, 0.2) is 40.7 Å². The van der Waals surface area contributed by atoms with Gasteiger partial charge in [0, 0.05) is 31.2 Å². The fraction of sp³-hybridized carbons (Fsp3) is 0.474. The fourth-order valence-electron chi connectivity index (χ4n) is 2.33. The van der Waals surface area contributed by atoms with Gasteiger partial charge >= 0.3 is 0 Å². The predicted molar refractivity (Wildman–Crippen MR) is 121 cm³/mol. The molecule has 0 aliphatic heterocycles.